The summed E-state index contributed by atoms with van der Waals surface area (Å²) in [6, 6.07) is -0.946. The third kappa shape index (κ3) is 5.19. The summed E-state index contributed by atoms with van der Waals surface area (Å²) >= 11 is 0. The number of carbonyl (C=O) groups is 1. The Kier molecular flexibility index (Phi) is 7.81. The molecule has 0 spiro atoms. The van der Waals surface area contributed by atoms with Crippen LogP contribution < -0.4 is 0 Å². The maximum atomic E-state index is 13.1. The minimum atomic E-state index is -7.21. The Hall–Kier alpha value is -2.37. The zero-order valence-electron chi connectivity index (χ0n) is 16.4. The molecule has 0 aromatic heterocycles. The van der Waals surface area contributed by atoms with Crippen LogP contribution in [0.15, 0.2) is 18.2 Å². The Morgan fingerprint density at radius 1 is 0.444 bits per heavy atom. The molecule has 36 heavy (non-hydrogen) atoms. The molecular weight excluding hydrogens is 562 g/mol. The van der Waals surface area contributed by atoms with E-state index in [-0.39, 0.29) is 12.1 Å². The minimum absolute atomic E-state index is 0.190. The molecule has 208 valence electrons. The lowest BCUT2D eigenvalue weighted by Gasteiger charge is -2.39. The highest BCUT2D eigenvalue weighted by molar-refractivity contribution is 5.75. The largest absolute Gasteiger partial charge is 0.412 e. The van der Waals surface area contributed by atoms with E-state index < -0.39 is 89.8 Å². The molecule has 0 unspecified atom stereocenters. The van der Waals surface area contributed by atoms with Gasteiger partial charge in [-0.05, 0) is 23.3 Å². The summed E-state index contributed by atoms with van der Waals surface area (Å²) in [4.78, 5) is 10.9. The molecule has 0 radical (unpaired) electrons. The van der Waals surface area contributed by atoms with Crippen LogP contribution in [-0.4, -0.2) is 43.3 Å². The molecule has 0 aliphatic heterocycles. The molecule has 0 aliphatic rings. The fourth-order valence-electron chi connectivity index (χ4n) is 3.24. The molecule has 0 fully saturated rings. The molecule has 0 saturated heterocycles. The van der Waals surface area contributed by atoms with Crippen molar-refractivity contribution in [1.29, 1.82) is 0 Å². The molecule has 1 rings (SSSR count). The second-order valence-corrected chi connectivity index (χ2v) is 7.35. The second kappa shape index (κ2) is 8.88. The summed E-state index contributed by atoms with van der Waals surface area (Å²) in [5.41, 5.74) is -18.6. The SMILES string of the molecule is O=Cc1cc(CC(C(F)(F)F)(C(F)(F)F)C(F)(F)F)cc(CC(C(F)(F)F)(C(F)(F)F)C(F)(F)F)c1. The smallest absolute Gasteiger partial charge is 0.298 e. The molecule has 1 nitrogen and oxygen atoms in total. The highest BCUT2D eigenvalue weighted by atomic mass is 19.4. The first kappa shape index (κ1) is 31.7. The third-order valence-corrected chi connectivity index (χ3v) is 5.05. The van der Waals surface area contributed by atoms with Crippen LogP contribution in [0.1, 0.15) is 21.5 Å². The van der Waals surface area contributed by atoms with Gasteiger partial charge in [-0.2, -0.15) is 79.0 Å². The first-order chi connectivity index (χ1) is 15.6. The Balaban J connectivity index is 3.97. The van der Waals surface area contributed by atoms with Gasteiger partial charge in [0, 0.05) is 18.4 Å². The summed E-state index contributed by atoms with van der Waals surface area (Å²) in [7, 11) is 0. The van der Waals surface area contributed by atoms with Crippen LogP contribution in [0, 0.1) is 10.8 Å². The Bertz CT molecular complexity index is 795. The van der Waals surface area contributed by atoms with Crippen molar-refractivity contribution >= 4 is 6.29 Å². The molecule has 19 heteroatoms. The van der Waals surface area contributed by atoms with E-state index in [9.17, 15) is 83.8 Å². The van der Waals surface area contributed by atoms with E-state index in [1.165, 1.54) is 0 Å². The van der Waals surface area contributed by atoms with E-state index in [1.54, 1.807) is 0 Å². The van der Waals surface area contributed by atoms with Crippen molar-refractivity contribution in [1.82, 2.24) is 0 Å². The van der Waals surface area contributed by atoms with E-state index >= 15 is 0 Å². The van der Waals surface area contributed by atoms with Gasteiger partial charge >= 0.3 is 37.1 Å². The minimum Gasteiger partial charge on any atom is -0.298 e. The Morgan fingerprint density at radius 2 is 0.667 bits per heavy atom. The highest BCUT2D eigenvalue weighted by Gasteiger charge is 2.84. The van der Waals surface area contributed by atoms with Crippen molar-refractivity contribution in [3.8, 4) is 0 Å². The number of hydrogen-bond acceptors (Lipinski definition) is 1. The molecule has 0 amide bonds. The van der Waals surface area contributed by atoms with Crippen molar-refractivity contribution in [2.24, 2.45) is 10.8 Å². The zero-order chi connectivity index (χ0) is 29.0. The van der Waals surface area contributed by atoms with Gasteiger partial charge in [0.15, 0.2) is 0 Å². The van der Waals surface area contributed by atoms with E-state index in [0.717, 1.165) is 0 Å². The predicted molar refractivity (Wildman–Crippen MR) is 80.4 cm³/mol. The lowest BCUT2D eigenvalue weighted by molar-refractivity contribution is -0.427. The standard InChI is InChI=1S/C17H8F18O/c18-12(19,20)10(13(21,22)23,14(24,25)26)4-7-1-8(3-9(2-7)6-36)5-11(15(27,28)29,16(30,31)32)17(33,34)35/h1-3,6H,4-5H2. The monoisotopic (exact) mass is 570 g/mol. The lowest BCUT2D eigenvalue weighted by atomic mass is 9.76. The number of aldehydes is 1. The second-order valence-electron chi connectivity index (χ2n) is 7.35. The van der Waals surface area contributed by atoms with Crippen molar-refractivity contribution in [2.45, 2.75) is 49.9 Å². The number of halogens is 18. The van der Waals surface area contributed by atoms with Gasteiger partial charge in [-0.3, -0.25) is 4.79 Å². The maximum Gasteiger partial charge on any atom is 0.412 e. The summed E-state index contributed by atoms with van der Waals surface area (Å²) in [6.45, 7) is 0. The van der Waals surface area contributed by atoms with Gasteiger partial charge in [0.2, 0.25) is 0 Å². The number of carbonyl (C=O) groups excluding carboxylic acids is 1. The normalized spacial score (nSPS) is 15.3. The summed E-state index contributed by atoms with van der Waals surface area (Å²) in [5, 5.41) is 0. The quantitative estimate of drug-likeness (QED) is 0.260. The van der Waals surface area contributed by atoms with Gasteiger partial charge < -0.3 is 0 Å². The van der Waals surface area contributed by atoms with E-state index in [4.69, 9.17) is 0 Å². The van der Waals surface area contributed by atoms with Crippen LogP contribution in [0.5, 0.6) is 0 Å². The average Bonchev–Trinajstić information content (AvgIpc) is 2.57. The van der Waals surface area contributed by atoms with Gasteiger partial charge in [0.1, 0.15) is 6.29 Å². The maximum absolute atomic E-state index is 13.1. The van der Waals surface area contributed by atoms with Crippen molar-refractivity contribution < 1.29 is 83.8 Å². The fourth-order valence-corrected chi connectivity index (χ4v) is 3.24. The van der Waals surface area contributed by atoms with Crippen molar-refractivity contribution in [2.75, 3.05) is 0 Å². The molecule has 1 aromatic rings. The molecule has 0 atom stereocenters. The zero-order valence-corrected chi connectivity index (χ0v) is 16.4. The average molecular weight is 570 g/mol. The summed E-state index contributed by atoms with van der Waals surface area (Å²) in [6.07, 6.45) is -50.5. The topological polar surface area (TPSA) is 17.1 Å². The van der Waals surface area contributed by atoms with Gasteiger partial charge in [-0.1, -0.05) is 6.07 Å². The van der Waals surface area contributed by atoms with Crippen molar-refractivity contribution in [3.63, 3.8) is 0 Å². The van der Waals surface area contributed by atoms with Crippen LogP contribution >= 0.6 is 0 Å². The van der Waals surface area contributed by atoms with Crippen LogP contribution in [0.2, 0.25) is 0 Å². The number of rotatable bonds is 5. The first-order valence-corrected chi connectivity index (χ1v) is 8.57. The molecular formula is C17H8F18O. The van der Waals surface area contributed by atoms with Gasteiger partial charge in [-0.15, -0.1) is 0 Å². The van der Waals surface area contributed by atoms with Gasteiger partial charge in [0.25, 0.3) is 10.8 Å². The number of benzene rings is 1. The number of alkyl halides is 18. The van der Waals surface area contributed by atoms with Gasteiger partial charge in [0.05, 0.1) is 0 Å². The van der Waals surface area contributed by atoms with Gasteiger partial charge in [-0.25, -0.2) is 0 Å². The third-order valence-electron chi connectivity index (χ3n) is 5.05. The van der Waals surface area contributed by atoms with Crippen LogP contribution in [0.25, 0.3) is 0 Å². The molecule has 0 heterocycles. The molecule has 0 N–H and O–H groups in total. The van der Waals surface area contributed by atoms with E-state index in [0.29, 0.717) is 0 Å². The van der Waals surface area contributed by atoms with E-state index in [1.807, 2.05) is 0 Å². The lowest BCUT2D eigenvalue weighted by Crippen LogP contribution is -2.61. The molecule has 0 saturated carbocycles. The summed E-state index contributed by atoms with van der Waals surface area (Å²) < 4.78 is 236. The Morgan fingerprint density at radius 3 is 0.833 bits per heavy atom. The Labute approximate surface area is 187 Å². The van der Waals surface area contributed by atoms with Crippen LogP contribution in [-0.2, 0) is 12.8 Å². The predicted octanol–water partition coefficient (Wildman–Crippen LogP) is 7.93. The highest BCUT2D eigenvalue weighted by Crippen LogP contribution is 2.62. The van der Waals surface area contributed by atoms with Crippen LogP contribution in [0.4, 0.5) is 79.0 Å². The fraction of sp³-hybridized carbons (Fsp3) is 0.588. The van der Waals surface area contributed by atoms with E-state index in [2.05, 4.69) is 0 Å². The molecule has 0 bridgehead atoms. The molecule has 1 aromatic carbocycles. The summed E-state index contributed by atoms with van der Waals surface area (Å²) in [5.74, 6) is 0. The first-order valence-electron chi connectivity index (χ1n) is 8.57. The molecule has 0 aliphatic carbocycles. The van der Waals surface area contributed by atoms with Crippen LogP contribution in [0.3, 0.4) is 0 Å². The number of hydrogen-bond donors (Lipinski definition) is 0. The van der Waals surface area contributed by atoms with Crippen molar-refractivity contribution in [3.05, 3.63) is 34.9 Å².